The summed E-state index contributed by atoms with van der Waals surface area (Å²) in [5.74, 6) is 1.58. The van der Waals surface area contributed by atoms with Gasteiger partial charge in [-0.2, -0.15) is 0 Å². The second kappa shape index (κ2) is 12.2. The van der Waals surface area contributed by atoms with Crippen molar-refractivity contribution in [3.8, 4) is 22.3 Å². The van der Waals surface area contributed by atoms with E-state index in [9.17, 15) is 0 Å². The summed E-state index contributed by atoms with van der Waals surface area (Å²) in [6, 6.07) is 25.4. The SMILES string of the molecule is CCCCC/C=C(\C)c1ccc2c(c1)-c1cccc3c1N(c1ccccc1-2)c1ncc(C(C)CCCCC)cc1C3(C)C. The molecular weight excluding hydrogens is 520 g/mol. The van der Waals surface area contributed by atoms with Crippen LogP contribution >= 0.6 is 0 Å². The molecule has 3 aromatic carbocycles. The first-order valence-electron chi connectivity index (χ1n) is 16.7. The molecule has 0 aliphatic carbocycles. The van der Waals surface area contributed by atoms with Crippen LogP contribution in [0.25, 0.3) is 27.8 Å². The fourth-order valence-corrected chi connectivity index (χ4v) is 7.21. The van der Waals surface area contributed by atoms with Crippen LogP contribution in [0.3, 0.4) is 0 Å². The molecule has 2 heteroatoms. The minimum absolute atomic E-state index is 0.171. The molecule has 2 aliphatic rings. The highest BCUT2D eigenvalue weighted by Gasteiger charge is 2.41. The van der Waals surface area contributed by atoms with Gasteiger partial charge in [0.05, 0.1) is 11.4 Å². The largest absolute Gasteiger partial charge is 0.293 e. The summed E-state index contributed by atoms with van der Waals surface area (Å²) >= 11 is 0. The Morgan fingerprint density at radius 2 is 1.58 bits per heavy atom. The summed E-state index contributed by atoms with van der Waals surface area (Å²) in [5, 5.41) is 0. The fraction of sp³-hybridized carbons (Fsp3) is 0.390. The Morgan fingerprint density at radius 1 is 0.814 bits per heavy atom. The highest BCUT2D eigenvalue weighted by molar-refractivity contribution is 6.05. The Morgan fingerprint density at radius 3 is 2.40 bits per heavy atom. The van der Waals surface area contributed by atoms with Gasteiger partial charge in [0.1, 0.15) is 5.82 Å². The van der Waals surface area contributed by atoms with E-state index in [1.807, 2.05) is 0 Å². The molecule has 0 amide bonds. The van der Waals surface area contributed by atoms with Crippen molar-refractivity contribution in [3.05, 3.63) is 101 Å². The van der Waals surface area contributed by atoms with Crippen molar-refractivity contribution in [2.75, 3.05) is 4.90 Å². The summed E-state index contributed by atoms with van der Waals surface area (Å²) in [6.45, 7) is 14.0. The predicted molar refractivity (Wildman–Crippen MR) is 186 cm³/mol. The van der Waals surface area contributed by atoms with E-state index in [2.05, 4.69) is 125 Å². The third-order valence-corrected chi connectivity index (χ3v) is 9.97. The number of para-hydroxylation sites is 2. The first kappa shape index (κ1) is 29.4. The van der Waals surface area contributed by atoms with Gasteiger partial charge in [0.15, 0.2) is 0 Å². The van der Waals surface area contributed by atoms with Gasteiger partial charge in [-0.25, -0.2) is 4.98 Å². The number of anilines is 3. The van der Waals surface area contributed by atoms with Crippen LogP contribution < -0.4 is 4.90 Å². The molecule has 0 fully saturated rings. The Bertz CT molecular complexity index is 1660. The van der Waals surface area contributed by atoms with Gasteiger partial charge in [0.25, 0.3) is 0 Å². The molecule has 0 N–H and O–H groups in total. The molecule has 0 bridgehead atoms. The summed E-state index contributed by atoms with van der Waals surface area (Å²) in [4.78, 5) is 7.78. The van der Waals surface area contributed by atoms with Gasteiger partial charge in [-0.3, -0.25) is 4.90 Å². The molecule has 1 aromatic heterocycles. The first-order valence-corrected chi connectivity index (χ1v) is 16.7. The number of pyridine rings is 1. The Labute approximate surface area is 259 Å². The lowest BCUT2D eigenvalue weighted by Crippen LogP contribution is -2.32. The number of unbranched alkanes of at least 4 members (excludes halogenated alkanes) is 5. The summed E-state index contributed by atoms with van der Waals surface area (Å²) in [5.41, 5.74) is 14.2. The van der Waals surface area contributed by atoms with E-state index < -0.39 is 0 Å². The standard InChI is InChI=1S/C41H48N2/c1-7-9-11-13-18-28(3)30-23-24-32-33-19-14-15-22-38(33)43-39-34(35(32)25-30)20-16-21-36(39)41(5,6)37-26-31(27-42-40(37)43)29(4)17-12-10-8-2/h14-16,18-27,29H,7-13,17H2,1-6H3/b28-18+. The number of allylic oxidation sites excluding steroid dienone is 2. The van der Waals surface area contributed by atoms with Crippen molar-refractivity contribution < 1.29 is 0 Å². The number of hydrogen-bond donors (Lipinski definition) is 0. The Balaban J connectivity index is 1.53. The highest BCUT2D eigenvalue weighted by Crippen LogP contribution is 2.58. The van der Waals surface area contributed by atoms with E-state index in [1.54, 1.807) is 0 Å². The lowest BCUT2D eigenvalue weighted by atomic mass is 9.72. The number of benzene rings is 3. The maximum Gasteiger partial charge on any atom is 0.141 e. The van der Waals surface area contributed by atoms with E-state index in [-0.39, 0.29) is 5.41 Å². The molecule has 6 rings (SSSR count). The number of aromatic nitrogens is 1. The molecule has 4 aromatic rings. The van der Waals surface area contributed by atoms with Gasteiger partial charge in [0.2, 0.25) is 0 Å². The van der Waals surface area contributed by atoms with Crippen molar-refractivity contribution in [2.45, 2.75) is 104 Å². The van der Waals surface area contributed by atoms with Gasteiger partial charge in [-0.1, -0.05) is 121 Å². The minimum Gasteiger partial charge on any atom is -0.293 e. The number of fused-ring (bicyclic) bond motifs is 7. The zero-order chi connectivity index (χ0) is 30.1. The highest BCUT2D eigenvalue weighted by atomic mass is 15.2. The van der Waals surface area contributed by atoms with Gasteiger partial charge in [0, 0.05) is 28.3 Å². The second-order valence-electron chi connectivity index (χ2n) is 13.4. The molecular formula is C41H48N2. The molecule has 0 spiro atoms. The van der Waals surface area contributed by atoms with Crippen molar-refractivity contribution >= 4 is 22.8 Å². The predicted octanol–water partition coefficient (Wildman–Crippen LogP) is 12.5. The molecule has 0 radical (unpaired) electrons. The topological polar surface area (TPSA) is 16.1 Å². The molecule has 2 nitrogen and oxygen atoms in total. The first-order chi connectivity index (χ1) is 20.9. The molecule has 3 heterocycles. The molecule has 0 saturated carbocycles. The number of hydrogen-bond acceptors (Lipinski definition) is 2. The number of nitrogens with zero attached hydrogens (tertiary/aromatic N) is 2. The zero-order valence-corrected chi connectivity index (χ0v) is 27.1. The smallest absolute Gasteiger partial charge is 0.141 e. The average Bonchev–Trinajstić information content (AvgIpc) is 3.14. The molecule has 0 saturated heterocycles. The van der Waals surface area contributed by atoms with Gasteiger partial charge in [-0.15, -0.1) is 0 Å². The maximum atomic E-state index is 5.31. The third kappa shape index (κ3) is 5.24. The maximum absolute atomic E-state index is 5.31. The van der Waals surface area contributed by atoms with Crippen LogP contribution in [0.2, 0.25) is 0 Å². The van der Waals surface area contributed by atoms with Gasteiger partial charge in [-0.05, 0) is 83.7 Å². The van der Waals surface area contributed by atoms with E-state index in [1.165, 1.54) is 106 Å². The normalized spacial score (nSPS) is 15.2. The number of rotatable bonds is 10. The second-order valence-corrected chi connectivity index (χ2v) is 13.4. The average molecular weight is 569 g/mol. The van der Waals surface area contributed by atoms with Crippen LogP contribution in [0, 0.1) is 0 Å². The fourth-order valence-electron chi connectivity index (χ4n) is 7.21. The lowest BCUT2D eigenvalue weighted by Gasteiger charge is -2.42. The van der Waals surface area contributed by atoms with E-state index >= 15 is 0 Å². The summed E-state index contributed by atoms with van der Waals surface area (Å²) in [7, 11) is 0. The van der Waals surface area contributed by atoms with Crippen molar-refractivity contribution in [3.63, 3.8) is 0 Å². The van der Waals surface area contributed by atoms with Crippen molar-refractivity contribution in [1.29, 1.82) is 0 Å². The molecule has 1 atom stereocenters. The quantitative estimate of drug-likeness (QED) is 0.156. The molecule has 43 heavy (non-hydrogen) atoms. The van der Waals surface area contributed by atoms with Crippen LogP contribution in [0.15, 0.2) is 79.0 Å². The van der Waals surface area contributed by atoms with E-state index in [0.717, 1.165) is 12.2 Å². The van der Waals surface area contributed by atoms with Gasteiger partial charge >= 0.3 is 0 Å². The van der Waals surface area contributed by atoms with E-state index in [0.29, 0.717) is 5.92 Å². The van der Waals surface area contributed by atoms with E-state index in [4.69, 9.17) is 4.98 Å². The van der Waals surface area contributed by atoms with Gasteiger partial charge < -0.3 is 0 Å². The molecule has 222 valence electrons. The molecule has 2 aliphatic heterocycles. The van der Waals surface area contributed by atoms with Crippen molar-refractivity contribution in [2.24, 2.45) is 0 Å². The third-order valence-electron chi connectivity index (χ3n) is 9.97. The van der Waals surface area contributed by atoms with Crippen LogP contribution in [0.4, 0.5) is 17.2 Å². The Kier molecular flexibility index (Phi) is 8.32. The van der Waals surface area contributed by atoms with Crippen LogP contribution in [0.1, 0.15) is 121 Å². The molecule has 1 unspecified atom stereocenters. The van der Waals surface area contributed by atoms with Crippen LogP contribution in [-0.2, 0) is 5.41 Å². The summed E-state index contributed by atoms with van der Waals surface area (Å²) in [6.07, 6.45) is 14.6. The zero-order valence-electron chi connectivity index (χ0n) is 27.1. The summed E-state index contributed by atoms with van der Waals surface area (Å²) < 4.78 is 0. The van der Waals surface area contributed by atoms with Crippen LogP contribution in [0.5, 0.6) is 0 Å². The van der Waals surface area contributed by atoms with Crippen molar-refractivity contribution in [1.82, 2.24) is 4.98 Å². The lowest BCUT2D eigenvalue weighted by molar-refractivity contribution is 0.589. The minimum atomic E-state index is -0.171. The monoisotopic (exact) mass is 568 g/mol. The Hall–Kier alpha value is -3.65. The van der Waals surface area contributed by atoms with Crippen LogP contribution in [-0.4, -0.2) is 4.98 Å².